The number of benzene rings is 3. The van der Waals surface area contributed by atoms with Crippen LogP contribution in [0.1, 0.15) is 21.5 Å². The first-order chi connectivity index (χ1) is 15.4. The van der Waals surface area contributed by atoms with Crippen molar-refractivity contribution in [1.29, 1.82) is 0 Å². The smallest absolute Gasteiger partial charge is 0.269 e. The Balaban J connectivity index is 1.73. The normalized spacial score (nSPS) is 11.7. The summed E-state index contributed by atoms with van der Waals surface area (Å²) in [5.41, 5.74) is 3.96. The van der Waals surface area contributed by atoms with Gasteiger partial charge < -0.3 is 5.32 Å². The van der Waals surface area contributed by atoms with E-state index in [1.165, 1.54) is 30.5 Å². The molecule has 0 unspecified atom stereocenters. The molecule has 3 rings (SSSR count). The molecule has 0 aliphatic heterocycles. The van der Waals surface area contributed by atoms with E-state index in [0.29, 0.717) is 10.6 Å². The highest BCUT2D eigenvalue weighted by atomic mass is 35.5. The van der Waals surface area contributed by atoms with Crippen molar-refractivity contribution < 1.29 is 14.5 Å². The molecule has 0 bridgehead atoms. The van der Waals surface area contributed by atoms with E-state index in [1.54, 1.807) is 24.3 Å². The van der Waals surface area contributed by atoms with Crippen molar-refractivity contribution in [2.45, 2.75) is 12.5 Å². The van der Waals surface area contributed by atoms with Gasteiger partial charge >= 0.3 is 0 Å². The van der Waals surface area contributed by atoms with Crippen molar-refractivity contribution >= 4 is 35.3 Å². The van der Waals surface area contributed by atoms with Gasteiger partial charge in [0.25, 0.3) is 17.5 Å². The highest BCUT2D eigenvalue weighted by Crippen LogP contribution is 2.13. The fraction of sp³-hybridized carbons (Fsp3) is 0.0870. The molecule has 32 heavy (non-hydrogen) atoms. The second kappa shape index (κ2) is 10.8. The zero-order chi connectivity index (χ0) is 22.9. The van der Waals surface area contributed by atoms with E-state index in [1.807, 2.05) is 30.3 Å². The molecule has 1 atom stereocenters. The van der Waals surface area contributed by atoms with Crippen molar-refractivity contribution in [2.24, 2.45) is 5.10 Å². The number of hydrogen-bond acceptors (Lipinski definition) is 5. The minimum Gasteiger partial charge on any atom is -0.340 e. The van der Waals surface area contributed by atoms with E-state index >= 15 is 0 Å². The number of halogens is 1. The summed E-state index contributed by atoms with van der Waals surface area (Å²) in [7, 11) is 0. The van der Waals surface area contributed by atoms with Crippen LogP contribution in [0.4, 0.5) is 5.69 Å². The molecule has 2 amide bonds. The van der Waals surface area contributed by atoms with Crippen LogP contribution in [0.3, 0.4) is 0 Å². The molecule has 3 aromatic carbocycles. The molecule has 0 aliphatic rings. The number of rotatable bonds is 8. The quantitative estimate of drug-likeness (QED) is 0.309. The zero-order valence-electron chi connectivity index (χ0n) is 16.8. The van der Waals surface area contributed by atoms with Gasteiger partial charge in [0.05, 0.1) is 11.1 Å². The van der Waals surface area contributed by atoms with Crippen LogP contribution >= 0.6 is 11.6 Å². The van der Waals surface area contributed by atoms with Gasteiger partial charge in [0.15, 0.2) is 0 Å². The molecule has 0 aliphatic carbocycles. The van der Waals surface area contributed by atoms with E-state index in [2.05, 4.69) is 15.8 Å². The SMILES string of the molecule is O=C(N[C@H](Cc1ccccc1)C(=O)N/N=C\c1ccccc1Cl)c1ccc([N+](=O)[O-])cc1. The van der Waals surface area contributed by atoms with Gasteiger partial charge in [-0.2, -0.15) is 5.10 Å². The number of nitrogens with one attached hydrogen (secondary N) is 2. The molecule has 0 saturated carbocycles. The minimum absolute atomic E-state index is 0.131. The predicted molar refractivity (Wildman–Crippen MR) is 122 cm³/mol. The lowest BCUT2D eigenvalue weighted by molar-refractivity contribution is -0.384. The largest absolute Gasteiger partial charge is 0.340 e. The molecular formula is C23H19ClN4O4. The topological polar surface area (TPSA) is 114 Å². The summed E-state index contributed by atoms with van der Waals surface area (Å²) in [5.74, 6) is -1.06. The molecule has 9 heteroatoms. The highest BCUT2D eigenvalue weighted by Gasteiger charge is 2.22. The second-order valence-corrected chi connectivity index (χ2v) is 7.18. The highest BCUT2D eigenvalue weighted by molar-refractivity contribution is 6.33. The number of nitro groups is 1. The van der Waals surface area contributed by atoms with Crippen LogP contribution in [-0.2, 0) is 11.2 Å². The van der Waals surface area contributed by atoms with E-state index in [9.17, 15) is 19.7 Å². The number of nitro benzene ring substituents is 1. The van der Waals surface area contributed by atoms with Crippen LogP contribution in [-0.4, -0.2) is 29.0 Å². The summed E-state index contributed by atoms with van der Waals surface area (Å²) in [5, 5.41) is 17.9. The number of non-ortho nitro benzene ring substituents is 1. The number of amides is 2. The van der Waals surface area contributed by atoms with Gasteiger partial charge in [0, 0.05) is 34.7 Å². The Labute approximate surface area is 189 Å². The molecular weight excluding hydrogens is 432 g/mol. The maximum Gasteiger partial charge on any atom is 0.269 e. The Morgan fingerprint density at radius 3 is 2.31 bits per heavy atom. The van der Waals surface area contributed by atoms with Gasteiger partial charge in [0.1, 0.15) is 6.04 Å². The Kier molecular flexibility index (Phi) is 7.66. The molecule has 8 nitrogen and oxygen atoms in total. The Morgan fingerprint density at radius 2 is 1.66 bits per heavy atom. The summed E-state index contributed by atoms with van der Waals surface area (Å²) in [6.45, 7) is 0. The molecule has 0 saturated heterocycles. The summed E-state index contributed by atoms with van der Waals surface area (Å²) in [6.07, 6.45) is 1.64. The van der Waals surface area contributed by atoms with E-state index < -0.39 is 22.8 Å². The zero-order valence-corrected chi connectivity index (χ0v) is 17.5. The lowest BCUT2D eigenvalue weighted by Crippen LogP contribution is -2.46. The number of hydrogen-bond donors (Lipinski definition) is 2. The molecule has 0 fully saturated rings. The molecule has 0 radical (unpaired) electrons. The average molecular weight is 451 g/mol. The first-order valence-electron chi connectivity index (χ1n) is 9.61. The fourth-order valence-electron chi connectivity index (χ4n) is 2.86. The summed E-state index contributed by atoms with van der Waals surface area (Å²) in [4.78, 5) is 35.7. The van der Waals surface area contributed by atoms with E-state index in [0.717, 1.165) is 5.56 Å². The summed E-state index contributed by atoms with van der Waals surface area (Å²) < 4.78 is 0. The van der Waals surface area contributed by atoms with Gasteiger partial charge in [-0.15, -0.1) is 0 Å². The number of carbonyl (C=O) groups is 2. The monoisotopic (exact) mass is 450 g/mol. The number of nitrogens with zero attached hydrogens (tertiary/aromatic N) is 2. The van der Waals surface area contributed by atoms with Crippen LogP contribution in [0, 0.1) is 10.1 Å². The van der Waals surface area contributed by atoms with Gasteiger partial charge in [-0.3, -0.25) is 19.7 Å². The lowest BCUT2D eigenvalue weighted by Gasteiger charge is -2.17. The Bertz CT molecular complexity index is 1130. The molecule has 0 aromatic heterocycles. The van der Waals surface area contributed by atoms with Gasteiger partial charge in [-0.1, -0.05) is 60.1 Å². The van der Waals surface area contributed by atoms with E-state index in [-0.39, 0.29) is 17.7 Å². The third kappa shape index (κ3) is 6.23. The molecule has 2 N–H and O–H groups in total. The number of carbonyl (C=O) groups excluding carboxylic acids is 2. The Morgan fingerprint density at radius 1 is 1.00 bits per heavy atom. The summed E-state index contributed by atoms with van der Waals surface area (Å²) >= 11 is 6.07. The molecule has 3 aromatic rings. The van der Waals surface area contributed by atoms with Crippen LogP contribution < -0.4 is 10.7 Å². The Hall–Kier alpha value is -4.04. The predicted octanol–water partition coefficient (Wildman–Crippen LogP) is 3.74. The maximum atomic E-state index is 12.8. The maximum absolute atomic E-state index is 12.8. The molecule has 0 spiro atoms. The van der Waals surface area contributed by atoms with Crippen LogP contribution in [0.15, 0.2) is 84.0 Å². The second-order valence-electron chi connectivity index (χ2n) is 6.78. The van der Waals surface area contributed by atoms with Crippen LogP contribution in [0.2, 0.25) is 5.02 Å². The van der Waals surface area contributed by atoms with Crippen LogP contribution in [0.25, 0.3) is 0 Å². The van der Waals surface area contributed by atoms with Crippen molar-refractivity contribution in [3.05, 3.63) is 111 Å². The van der Waals surface area contributed by atoms with Gasteiger partial charge in [0.2, 0.25) is 0 Å². The molecule has 0 heterocycles. The first kappa shape index (κ1) is 22.6. The van der Waals surface area contributed by atoms with Crippen molar-refractivity contribution in [3.63, 3.8) is 0 Å². The average Bonchev–Trinajstić information content (AvgIpc) is 2.80. The third-order valence-corrected chi connectivity index (χ3v) is 4.87. The van der Waals surface area contributed by atoms with Crippen molar-refractivity contribution in [2.75, 3.05) is 0 Å². The van der Waals surface area contributed by atoms with Crippen molar-refractivity contribution in [3.8, 4) is 0 Å². The van der Waals surface area contributed by atoms with Gasteiger partial charge in [-0.05, 0) is 23.8 Å². The third-order valence-electron chi connectivity index (χ3n) is 4.53. The minimum atomic E-state index is -0.927. The first-order valence-corrected chi connectivity index (χ1v) is 9.98. The molecule has 162 valence electrons. The van der Waals surface area contributed by atoms with Crippen molar-refractivity contribution in [1.82, 2.24) is 10.7 Å². The van der Waals surface area contributed by atoms with Crippen LogP contribution in [0.5, 0.6) is 0 Å². The fourth-order valence-corrected chi connectivity index (χ4v) is 3.04. The van der Waals surface area contributed by atoms with Gasteiger partial charge in [-0.25, -0.2) is 5.43 Å². The lowest BCUT2D eigenvalue weighted by atomic mass is 10.0. The number of hydrazone groups is 1. The van der Waals surface area contributed by atoms with E-state index in [4.69, 9.17) is 11.6 Å². The standard InChI is InChI=1S/C23H19ClN4O4/c24-20-9-5-4-8-18(20)15-25-27-23(30)21(14-16-6-2-1-3-7-16)26-22(29)17-10-12-19(13-11-17)28(31)32/h1-13,15,21H,14H2,(H,26,29)(H,27,30)/b25-15-/t21-/m1/s1. The summed E-state index contributed by atoms with van der Waals surface area (Å²) in [6, 6.07) is 20.4.